The molecule has 0 aliphatic heterocycles. The summed E-state index contributed by atoms with van der Waals surface area (Å²) in [5, 5.41) is 4.43. The third-order valence-electron chi connectivity index (χ3n) is 5.35. The Morgan fingerprint density at radius 3 is 2.33 bits per heavy atom. The average Bonchev–Trinajstić information content (AvgIpc) is 3.30. The number of carbonyl (C=O) groups excluding carboxylic acids is 1. The van der Waals surface area contributed by atoms with E-state index in [-0.39, 0.29) is 0 Å². The summed E-state index contributed by atoms with van der Waals surface area (Å²) in [5.74, 6) is 0.0280. The van der Waals surface area contributed by atoms with Crippen LogP contribution in [0.25, 0.3) is 39.3 Å². The van der Waals surface area contributed by atoms with Gasteiger partial charge in [-0.25, -0.2) is 9.78 Å². The van der Waals surface area contributed by atoms with Crippen LogP contribution in [0, 0.1) is 0 Å². The second-order valence-electron chi connectivity index (χ2n) is 7.32. The Morgan fingerprint density at radius 1 is 0.939 bits per heavy atom. The van der Waals surface area contributed by atoms with Crippen LogP contribution in [-0.2, 0) is 4.74 Å². The number of nitrogen functional groups attached to an aromatic ring is 1. The Morgan fingerprint density at radius 2 is 1.67 bits per heavy atom. The lowest BCUT2D eigenvalue weighted by molar-refractivity contribution is 0.0601. The number of methoxy groups -OCH3 is 1. The van der Waals surface area contributed by atoms with Crippen molar-refractivity contribution in [3.63, 3.8) is 0 Å². The van der Waals surface area contributed by atoms with E-state index in [9.17, 15) is 4.79 Å². The number of anilines is 1. The maximum absolute atomic E-state index is 11.8. The molecule has 0 saturated heterocycles. The van der Waals surface area contributed by atoms with E-state index in [1.165, 1.54) is 7.11 Å². The number of pyridine rings is 1. The van der Waals surface area contributed by atoms with Crippen LogP contribution in [0.4, 0.5) is 5.82 Å². The van der Waals surface area contributed by atoms with Gasteiger partial charge >= 0.3 is 5.97 Å². The summed E-state index contributed by atoms with van der Waals surface area (Å²) < 4.78 is 6.98. The molecule has 162 valence electrons. The molecule has 0 saturated carbocycles. The van der Waals surface area contributed by atoms with Gasteiger partial charge in [0.15, 0.2) is 5.65 Å². The van der Waals surface area contributed by atoms with E-state index < -0.39 is 5.97 Å². The van der Waals surface area contributed by atoms with Gasteiger partial charge in [-0.3, -0.25) is 4.98 Å². The summed E-state index contributed by atoms with van der Waals surface area (Å²) in [4.78, 5) is 21.2. The topological polar surface area (TPSA) is 95.4 Å². The molecule has 0 unspecified atom stereocenters. The molecule has 33 heavy (non-hydrogen) atoms. The van der Waals surface area contributed by atoms with Crippen LogP contribution >= 0.6 is 15.9 Å². The SMILES string of the molecule is COC(=O)c1ccc(-c2nc3c(-c4ccc(-c5ccccc5)nc4)cnn3c(N)c2Br)cc1. The number of ether oxygens (including phenoxy) is 1. The molecule has 0 spiro atoms. The Balaban J connectivity index is 1.58. The normalized spacial score (nSPS) is 11.0. The molecule has 0 radical (unpaired) electrons. The largest absolute Gasteiger partial charge is 0.465 e. The maximum Gasteiger partial charge on any atom is 0.337 e. The van der Waals surface area contributed by atoms with Crippen LogP contribution in [0.3, 0.4) is 0 Å². The van der Waals surface area contributed by atoms with Crippen molar-refractivity contribution in [1.82, 2.24) is 19.6 Å². The maximum atomic E-state index is 11.8. The van der Waals surface area contributed by atoms with E-state index in [1.807, 2.05) is 60.8 Å². The van der Waals surface area contributed by atoms with Crippen molar-refractivity contribution in [3.05, 3.63) is 89.2 Å². The summed E-state index contributed by atoms with van der Waals surface area (Å²) in [6.45, 7) is 0. The molecular formula is C25H18BrN5O2. The number of rotatable bonds is 4. The predicted molar refractivity (Wildman–Crippen MR) is 131 cm³/mol. The first-order chi connectivity index (χ1) is 16.1. The zero-order valence-electron chi connectivity index (χ0n) is 17.6. The third-order valence-corrected chi connectivity index (χ3v) is 6.13. The molecular weight excluding hydrogens is 482 g/mol. The Kier molecular flexibility index (Phi) is 5.35. The summed E-state index contributed by atoms with van der Waals surface area (Å²) in [7, 11) is 1.35. The van der Waals surface area contributed by atoms with Gasteiger partial charge in [-0.05, 0) is 34.1 Å². The number of nitrogens with two attached hydrogens (primary N) is 1. The molecule has 7 nitrogen and oxygen atoms in total. The fourth-order valence-corrected chi connectivity index (χ4v) is 4.09. The van der Waals surface area contributed by atoms with Crippen LogP contribution in [0.1, 0.15) is 10.4 Å². The van der Waals surface area contributed by atoms with Crippen LogP contribution in [0.2, 0.25) is 0 Å². The first kappa shape index (κ1) is 20.8. The number of nitrogens with zero attached hydrogens (tertiary/aromatic N) is 4. The molecule has 0 fully saturated rings. The van der Waals surface area contributed by atoms with Crippen LogP contribution in [0.15, 0.2) is 83.6 Å². The number of carbonyl (C=O) groups is 1. The number of halogens is 1. The predicted octanol–water partition coefficient (Wildman–Crippen LogP) is 5.26. The third kappa shape index (κ3) is 3.74. The summed E-state index contributed by atoms with van der Waals surface area (Å²) in [5.41, 5.74) is 12.5. The van der Waals surface area contributed by atoms with E-state index in [0.29, 0.717) is 27.2 Å². The number of hydrogen-bond donors (Lipinski definition) is 1. The first-order valence-electron chi connectivity index (χ1n) is 10.1. The fraction of sp³-hybridized carbons (Fsp3) is 0.0400. The van der Waals surface area contributed by atoms with Gasteiger partial charge in [0.2, 0.25) is 0 Å². The van der Waals surface area contributed by atoms with E-state index >= 15 is 0 Å². The minimum Gasteiger partial charge on any atom is -0.465 e. The number of esters is 1. The standard InChI is InChI=1S/C25H18BrN5O2/c1-33-25(32)17-9-7-16(8-10-17)22-21(26)23(27)31-24(30-22)19(14-29-31)18-11-12-20(28-13-18)15-5-3-2-4-6-15/h2-14H,27H2,1H3. The zero-order chi connectivity index (χ0) is 22.9. The molecule has 0 atom stereocenters. The molecule has 0 aliphatic carbocycles. The number of hydrogen-bond acceptors (Lipinski definition) is 6. The number of benzene rings is 2. The molecule has 0 bridgehead atoms. The number of aromatic nitrogens is 4. The van der Waals surface area contributed by atoms with Gasteiger partial charge in [-0.1, -0.05) is 48.5 Å². The zero-order valence-corrected chi connectivity index (χ0v) is 19.2. The van der Waals surface area contributed by atoms with Crippen LogP contribution < -0.4 is 5.73 Å². The van der Waals surface area contributed by atoms with Crippen molar-refractivity contribution < 1.29 is 9.53 Å². The number of fused-ring (bicyclic) bond motifs is 1. The lowest BCUT2D eigenvalue weighted by Crippen LogP contribution is -2.04. The van der Waals surface area contributed by atoms with Crippen molar-refractivity contribution in [1.29, 1.82) is 0 Å². The minimum absolute atomic E-state index is 0.395. The fourth-order valence-electron chi connectivity index (χ4n) is 3.60. The van der Waals surface area contributed by atoms with E-state index in [1.54, 1.807) is 22.8 Å². The molecule has 3 aromatic heterocycles. The van der Waals surface area contributed by atoms with Gasteiger partial charge in [0.1, 0.15) is 5.82 Å². The lowest BCUT2D eigenvalue weighted by atomic mass is 10.1. The molecule has 8 heteroatoms. The van der Waals surface area contributed by atoms with E-state index in [4.69, 9.17) is 15.5 Å². The van der Waals surface area contributed by atoms with Gasteiger partial charge < -0.3 is 10.5 Å². The first-order valence-corrected chi connectivity index (χ1v) is 10.9. The Hall–Kier alpha value is -4.04. The highest BCUT2D eigenvalue weighted by molar-refractivity contribution is 9.10. The highest BCUT2D eigenvalue weighted by Crippen LogP contribution is 2.35. The quantitative estimate of drug-likeness (QED) is 0.339. The van der Waals surface area contributed by atoms with Crippen molar-refractivity contribution >= 4 is 33.4 Å². The van der Waals surface area contributed by atoms with Crippen molar-refractivity contribution in [2.24, 2.45) is 0 Å². The van der Waals surface area contributed by atoms with Crippen LogP contribution in [0.5, 0.6) is 0 Å². The van der Waals surface area contributed by atoms with Gasteiger partial charge in [-0.15, -0.1) is 0 Å². The second-order valence-corrected chi connectivity index (χ2v) is 8.11. The monoisotopic (exact) mass is 499 g/mol. The van der Waals surface area contributed by atoms with Crippen molar-refractivity contribution in [2.45, 2.75) is 0 Å². The molecule has 0 amide bonds. The van der Waals surface area contributed by atoms with Crippen molar-refractivity contribution in [3.8, 4) is 33.6 Å². The van der Waals surface area contributed by atoms with Crippen molar-refractivity contribution in [2.75, 3.05) is 12.8 Å². The second kappa shape index (κ2) is 8.48. The summed E-state index contributed by atoms with van der Waals surface area (Å²) >= 11 is 3.55. The average molecular weight is 500 g/mol. The molecule has 3 heterocycles. The lowest BCUT2D eigenvalue weighted by Gasteiger charge is -2.10. The van der Waals surface area contributed by atoms with E-state index in [2.05, 4.69) is 26.0 Å². The molecule has 5 aromatic rings. The van der Waals surface area contributed by atoms with E-state index in [0.717, 1.165) is 27.9 Å². The molecule has 2 aromatic carbocycles. The summed E-state index contributed by atoms with van der Waals surface area (Å²) in [6, 6.07) is 21.0. The highest BCUT2D eigenvalue weighted by Gasteiger charge is 2.18. The van der Waals surface area contributed by atoms with Gasteiger partial charge in [0, 0.05) is 28.5 Å². The minimum atomic E-state index is -0.395. The van der Waals surface area contributed by atoms with Crippen LogP contribution in [-0.4, -0.2) is 32.7 Å². The van der Waals surface area contributed by atoms with Gasteiger partial charge in [-0.2, -0.15) is 9.61 Å². The summed E-state index contributed by atoms with van der Waals surface area (Å²) in [6.07, 6.45) is 3.54. The molecule has 2 N–H and O–H groups in total. The van der Waals surface area contributed by atoms with Gasteiger partial charge in [0.25, 0.3) is 0 Å². The molecule has 5 rings (SSSR count). The Labute approximate surface area is 198 Å². The molecule has 0 aliphatic rings. The highest BCUT2D eigenvalue weighted by atomic mass is 79.9. The van der Waals surface area contributed by atoms with Gasteiger partial charge in [0.05, 0.1) is 34.7 Å². The smallest absolute Gasteiger partial charge is 0.337 e. The Bertz CT molecular complexity index is 1460.